The van der Waals surface area contributed by atoms with Crippen LogP contribution in [0.3, 0.4) is 0 Å². The predicted octanol–water partition coefficient (Wildman–Crippen LogP) is 4.48. The van der Waals surface area contributed by atoms with E-state index in [-0.39, 0.29) is 12.3 Å². The molecule has 0 bridgehead atoms. The fourth-order valence-electron chi connectivity index (χ4n) is 3.55. The quantitative estimate of drug-likeness (QED) is 0.657. The molecule has 7 nitrogen and oxygen atoms in total. The number of amides is 1. The van der Waals surface area contributed by atoms with E-state index in [0.717, 1.165) is 23.5 Å². The topological polar surface area (TPSA) is 75.4 Å². The van der Waals surface area contributed by atoms with Crippen LogP contribution >= 0.6 is 11.6 Å². The third-order valence-electron chi connectivity index (χ3n) is 4.84. The highest BCUT2D eigenvalue weighted by atomic mass is 35.5. The maximum atomic E-state index is 12.5. The molecule has 0 fully saturated rings. The molecule has 1 amide bonds. The molecule has 1 aliphatic heterocycles. The van der Waals surface area contributed by atoms with E-state index in [0.29, 0.717) is 28.0 Å². The summed E-state index contributed by atoms with van der Waals surface area (Å²) < 4.78 is 1.67. The molecule has 0 spiro atoms. The minimum atomic E-state index is -0.127. The van der Waals surface area contributed by atoms with Crippen LogP contribution in [0.4, 0.5) is 17.1 Å². The van der Waals surface area contributed by atoms with E-state index >= 15 is 0 Å². The summed E-state index contributed by atoms with van der Waals surface area (Å²) in [6, 6.07) is 11.5. The number of nitrogens with zero attached hydrogens (tertiary/aromatic N) is 5. The Labute approximate surface area is 180 Å². The maximum Gasteiger partial charge on any atom is 0.230 e. The monoisotopic (exact) mass is 422 g/mol. The molecule has 0 aliphatic carbocycles. The summed E-state index contributed by atoms with van der Waals surface area (Å²) in [6.45, 7) is 5.18. The summed E-state index contributed by atoms with van der Waals surface area (Å²) in [4.78, 5) is 19.5. The van der Waals surface area contributed by atoms with Gasteiger partial charge in [-0.05, 0) is 35.7 Å². The molecule has 154 valence electrons. The minimum absolute atomic E-state index is 0.127. The second-order valence-electron chi connectivity index (χ2n) is 7.78. The van der Waals surface area contributed by atoms with E-state index in [1.54, 1.807) is 23.1 Å². The lowest BCUT2D eigenvalue weighted by molar-refractivity contribution is -0.115. The molecular formula is C22H23ClN6O. The predicted molar refractivity (Wildman–Crippen MR) is 120 cm³/mol. The van der Waals surface area contributed by atoms with Gasteiger partial charge in [0.1, 0.15) is 0 Å². The Balaban J connectivity index is 1.77. The zero-order valence-electron chi connectivity index (χ0n) is 17.1. The molecule has 2 aromatic carbocycles. The Bertz CT molecular complexity index is 1110. The van der Waals surface area contributed by atoms with Crippen LogP contribution in [0.25, 0.3) is 5.69 Å². The SMILES string of the molecule is CC(C)CN(C)c1cc2c(cc1Cl)NC(=O)CC(c1cccc(-n3ccnn3)c1)=N2. The standard InChI is InChI=1S/C22H23ClN6O/c1-14(2)13-28(3)21-11-20-19(10-17(21)23)26-22(30)12-18(25-20)15-5-4-6-16(9-15)29-8-7-24-27-29/h4-11,14H,12-13H2,1-3H3,(H,26,30). The van der Waals surface area contributed by atoms with Crippen molar-refractivity contribution in [1.29, 1.82) is 0 Å². The smallest absolute Gasteiger partial charge is 0.230 e. The van der Waals surface area contributed by atoms with Gasteiger partial charge in [0.2, 0.25) is 5.91 Å². The van der Waals surface area contributed by atoms with Gasteiger partial charge in [-0.1, -0.05) is 42.8 Å². The normalized spacial score (nSPS) is 13.5. The van der Waals surface area contributed by atoms with Crippen LogP contribution in [0.5, 0.6) is 0 Å². The number of rotatable bonds is 5. The first kappa shape index (κ1) is 20.1. The number of carbonyl (C=O) groups is 1. The van der Waals surface area contributed by atoms with Gasteiger partial charge in [0, 0.05) is 13.6 Å². The molecule has 0 radical (unpaired) electrons. The highest BCUT2D eigenvalue weighted by Gasteiger charge is 2.20. The van der Waals surface area contributed by atoms with Crippen molar-refractivity contribution >= 4 is 40.3 Å². The first-order valence-electron chi connectivity index (χ1n) is 9.80. The van der Waals surface area contributed by atoms with Crippen molar-refractivity contribution in [3.8, 4) is 5.69 Å². The number of benzene rings is 2. The number of nitrogens with one attached hydrogen (secondary N) is 1. The Morgan fingerprint density at radius 2 is 2.10 bits per heavy atom. The largest absolute Gasteiger partial charge is 0.373 e. The number of halogens is 1. The van der Waals surface area contributed by atoms with Gasteiger partial charge in [0.15, 0.2) is 0 Å². The van der Waals surface area contributed by atoms with Crippen molar-refractivity contribution in [1.82, 2.24) is 15.0 Å². The second kappa shape index (κ2) is 8.28. The van der Waals surface area contributed by atoms with Crippen molar-refractivity contribution in [2.45, 2.75) is 20.3 Å². The molecule has 1 aromatic heterocycles. The van der Waals surface area contributed by atoms with Crippen LogP contribution in [0.1, 0.15) is 25.8 Å². The number of aromatic nitrogens is 3. The average molecular weight is 423 g/mol. The van der Waals surface area contributed by atoms with E-state index in [9.17, 15) is 4.79 Å². The Kier molecular flexibility index (Phi) is 5.55. The third-order valence-corrected chi connectivity index (χ3v) is 5.14. The number of carbonyl (C=O) groups excluding carboxylic acids is 1. The number of hydrogen-bond donors (Lipinski definition) is 1. The van der Waals surface area contributed by atoms with Crippen molar-refractivity contribution < 1.29 is 4.79 Å². The molecule has 2 heterocycles. The third kappa shape index (κ3) is 4.21. The van der Waals surface area contributed by atoms with Gasteiger partial charge in [-0.2, -0.15) is 0 Å². The second-order valence-corrected chi connectivity index (χ2v) is 8.18. The average Bonchev–Trinajstić information content (AvgIpc) is 3.18. The first-order chi connectivity index (χ1) is 14.4. The van der Waals surface area contributed by atoms with E-state index in [1.807, 2.05) is 37.4 Å². The Hall–Kier alpha value is -3.19. The van der Waals surface area contributed by atoms with Crippen molar-refractivity contribution in [2.24, 2.45) is 10.9 Å². The lowest BCUT2D eigenvalue weighted by Crippen LogP contribution is -2.22. The molecule has 8 heteroatoms. The molecule has 0 saturated carbocycles. The van der Waals surface area contributed by atoms with Gasteiger partial charge >= 0.3 is 0 Å². The maximum absolute atomic E-state index is 12.5. The molecule has 0 atom stereocenters. The zero-order chi connectivity index (χ0) is 21.3. The highest BCUT2D eigenvalue weighted by molar-refractivity contribution is 6.34. The lowest BCUT2D eigenvalue weighted by Gasteiger charge is -2.23. The first-order valence-corrected chi connectivity index (χ1v) is 10.2. The van der Waals surface area contributed by atoms with Gasteiger partial charge in [0.25, 0.3) is 0 Å². The van der Waals surface area contributed by atoms with E-state index in [1.165, 1.54) is 0 Å². The molecule has 3 aromatic rings. The molecule has 1 N–H and O–H groups in total. The number of hydrogen-bond acceptors (Lipinski definition) is 5. The summed E-state index contributed by atoms with van der Waals surface area (Å²) in [6.07, 6.45) is 3.57. The van der Waals surface area contributed by atoms with Gasteiger partial charge in [-0.3, -0.25) is 9.79 Å². The van der Waals surface area contributed by atoms with Gasteiger partial charge in [-0.25, -0.2) is 4.68 Å². The summed E-state index contributed by atoms with van der Waals surface area (Å²) in [7, 11) is 2.01. The number of fused-ring (bicyclic) bond motifs is 1. The highest BCUT2D eigenvalue weighted by Crippen LogP contribution is 2.38. The summed E-state index contributed by atoms with van der Waals surface area (Å²) >= 11 is 6.51. The molecule has 0 saturated heterocycles. The number of anilines is 2. The molecule has 1 aliphatic rings. The van der Waals surface area contributed by atoms with Crippen LogP contribution < -0.4 is 10.2 Å². The van der Waals surface area contributed by atoms with E-state index in [4.69, 9.17) is 16.6 Å². The lowest BCUT2D eigenvalue weighted by atomic mass is 10.1. The number of aliphatic imine (C=N–C) groups is 1. The fraction of sp³-hybridized carbons (Fsp3) is 0.273. The van der Waals surface area contributed by atoms with Crippen molar-refractivity contribution in [3.63, 3.8) is 0 Å². The van der Waals surface area contributed by atoms with Crippen LogP contribution in [-0.2, 0) is 4.79 Å². The molecule has 30 heavy (non-hydrogen) atoms. The van der Waals surface area contributed by atoms with Crippen LogP contribution in [0.2, 0.25) is 5.02 Å². The Morgan fingerprint density at radius 1 is 1.27 bits per heavy atom. The minimum Gasteiger partial charge on any atom is -0.373 e. The van der Waals surface area contributed by atoms with Gasteiger partial charge in [-0.15, -0.1) is 5.10 Å². The fourth-order valence-corrected chi connectivity index (χ4v) is 3.86. The van der Waals surface area contributed by atoms with E-state index in [2.05, 4.69) is 34.4 Å². The van der Waals surface area contributed by atoms with Crippen LogP contribution in [-0.4, -0.2) is 40.2 Å². The molecular weight excluding hydrogens is 400 g/mol. The van der Waals surface area contributed by atoms with Crippen LogP contribution in [0.15, 0.2) is 53.8 Å². The summed E-state index contributed by atoms with van der Waals surface area (Å²) in [5, 5.41) is 11.4. The summed E-state index contributed by atoms with van der Waals surface area (Å²) in [5.41, 5.74) is 4.60. The van der Waals surface area contributed by atoms with Gasteiger partial charge in [0.05, 0.1) is 52.3 Å². The van der Waals surface area contributed by atoms with E-state index < -0.39 is 0 Å². The summed E-state index contributed by atoms with van der Waals surface area (Å²) in [5.74, 6) is 0.362. The van der Waals surface area contributed by atoms with Crippen molar-refractivity contribution in [3.05, 3.63) is 59.4 Å². The van der Waals surface area contributed by atoms with Crippen molar-refractivity contribution in [2.75, 3.05) is 23.8 Å². The molecule has 0 unspecified atom stereocenters. The molecule has 4 rings (SSSR count). The zero-order valence-corrected chi connectivity index (χ0v) is 17.9. The van der Waals surface area contributed by atoms with Crippen LogP contribution in [0, 0.1) is 5.92 Å². The van der Waals surface area contributed by atoms with Gasteiger partial charge < -0.3 is 10.2 Å². The Morgan fingerprint density at radius 3 is 2.83 bits per heavy atom.